The first kappa shape index (κ1) is 15.9. The van der Waals surface area contributed by atoms with Crippen molar-refractivity contribution in [2.24, 2.45) is 0 Å². The Morgan fingerprint density at radius 3 is 2.86 bits per heavy atom. The van der Waals surface area contributed by atoms with Gasteiger partial charge in [-0.05, 0) is 24.6 Å². The molecule has 5 nitrogen and oxygen atoms in total. The van der Waals surface area contributed by atoms with Crippen molar-refractivity contribution in [1.82, 2.24) is 9.71 Å². The molecular weight excluding hydrogens is 330 g/mol. The molecule has 0 aliphatic carbocycles. The SMILES string of the molecule is CC[C@H](NS(=O)(=O)c1cc(Cl)ccc1C#N)c1nccs1. The molecule has 8 heteroatoms. The second kappa shape index (κ2) is 6.54. The zero-order valence-corrected chi connectivity index (χ0v) is 13.5. The fourth-order valence-electron chi connectivity index (χ4n) is 1.78. The van der Waals surface area contributed by atoms with Crippen LogP contribution in [0.3, 0.4) is 0 Å². The summed E-state index contributed by atoms with van der Waals surface area (Å²) < 4.78 is 27.5. The molecule has 21 heavy (non-hydrogen) atoms. The second-order valence-corrected chi connectivity index (χ2v) is 7.25. The van der Waals surface area contributed by atoms with Gasteiger partial charge in [-0.3, -0.25) is 0 Å². The molecule has 2 rings (SSSR count). The van der Waals surface area contributed by atoms with Gasteiger partial charge in [0.15, 0.2) is 0 Å². The van der Waals surface area contributed by atoms with Crippen molar-refractivity contribution in [1.29, 1.82) is 5.26 Å². The molecule has 1 N–H and O–H groups in total. The van der Waals surface area contributed by atoms with Crippen LogP contribution in [0.5, 0.6) is 0 Å². The Bertz CT molecular complexity index is 767. The zero-order chi connectivity index (χ0) is 15.5. The van der Waals surface area contributed by atoms with Crippen LogP contribution in [-0.2, 0) is 10.0 Å². The number of rotatable bonds is 5. The lowest BCUT2D eigenvalue weighted by molar-refractivity contribution is 0.549. The van der Waals surface area contributed by atoms with Gasteiger partial charge >= 0.3 is 0 Å². The Morgan fingerprint density at radius 1 is 1.52 bits per heavy atom. The van der Waals surface area contributed by atoms with Gasteiger partial charge in [0.25, 0.3) is 0 Å². The van der Waals surface area contributed by atoms with Gasteiger partial charge in [-0.15, -0.1) is 11.3 Å². The van der Waals surface area contributed by atoms with Crippen molar-refractivity contribution in [3.63, 3.8) is 0 Å². The van der Waals surface area contributed by atoms with Crippen LogP contribution in [0.15, 0.2) is 34.7 Å². The Labute approximate surface area is 132 Å². The number of benzene rings is 1. The van der Waals surface area contributed by atoms with Gasteiger partial charge in [0.2, 0.25) is 10.0 Å². The maximum atomic E-state index is 12.5. The average Bonchev–Trinajstić information content (AvgIpc) is 2.99. The van der Waals surface area contributed by atoms with Gasteiger partial charge in [-0.1, -0.05) is 18.5 Å². The number of nitrogens with one attached hydrogen (secondary N) is 1. The van der Waals surface area contributed by atoms with Crippen molar-refractivity contribution >= 4 is 33.0 Å². The lowest BCUT2D eigenvalue weighted by Gasteiger charge is -2.15. The first-order valence-corrected chi connectivity index (χ1v) is 8.83. The fraction of sp³-hybridized carbons (Fsp3) is 0.231. The van der Waals surface area contributed by atoms with Gasteiger partial charge in [0, 0.05) is 16.6 Å². The van der Waals surface area contributed by atoms with Gasteiger partial charge in [0.05, 0.1) is 11.6 Å². The van der Waals surface area contributed by atoms with E-state index in [0.29, 0.717) is 11.4 Å². The second-order valence-electron chi connectivity index (χ2n) is 4.20. The van der Waals surface area contributed by atoms with Crippen LogP contribution in [-0.4, -0.2) is 13.4 Å². The van der Waals surface area contributed by atoms with E-state index in [9.17, 15) is 8.42 Å². The highest BCUT2D eigenvalue weighted by molar-refractivity contribution is 7.89. The molecule has 0 saturated heterocycles. The van der Waals surface area contributed by atoms with E-state index in [1.807, 2.05) is 13.0 Å². The van der Waals surface area contributed by atoms with E-state index in [1.54, 1.807) is 11.6 Å². The summed E-state index contributed by atoms with van der Waals surface area (Å²) in [6, 6.07) is 5.58. The molecule has 0 unspecified atom stereocenters. The van der Waals surface area contributed by atoms with Crippen LogP contribution in [0.25, 0.3) is 0 Å². The normalized spacial score (nSPS) is 12.8. The van der Waals surface area contributed by atoms with E-state index in [1.165, 1.54) is 29.5 Å². The summed E-state index contributed by atoms with van der Waals surface area (Å²) in [5, 5.41) is 11.8. The summed E-state index contributed by atoms with van der Waals surface area (Å²) in [5.74, 6) is 0. The third-order valence-corrected chi connectivity index (χ3v) is 5.44. The van der Waals surface area contributed by atoms with Crippen LogP contribution in [0.2, 0.25) is 5.02 Å². The van der Waals surface area contributed by atoms with E-state index in [4.69, 9.17) is 16.9 Å². The number of halogens is 1. The summed E-state index contributed by atoms with van der Waals surface area (Å²) in [6.07, 6.45) is 2.17. The largest absolute Gasteiger partial charge is 0.248 e. The Balaban J connectivity index is 2.39. The summed E-state index contributed by atoms with van der Waals surface area (Å²) in [4.78, 5) is 4.01. The lowest BCUT2D eigenvalue weighted by atomic mass is 10.2. The maximum Gasteiger partial charge on any atom is 0.242 e. The minimum absolute atomic E-state index is 0.0564. The lowest BCUT2D eigenvalue weighted by Crippen LogP contribution is -2.28. The zero-order valence-electron chi connectivity index (χ0n) is 11.1. The number of nitrogens with zero attached hydrogens (tertiary/aromatic N) is 2. The first-order valence-electron chi connectivity index (χ1n) is 6.09. The predicted molar refractivity (Wildman–Crippen MR) is 81.6 cm³/mol. The Morgan fingerprint density at radius 2 is 2.29 bits per heavy atom. The summed E-state index contributed by atoms with van der Waals surface area (Å²) in [6.45, 7) is 1.86. The van der Waals surface area contributed by atoms with Crippen molar-refractivity contribution in [3.8, 4) is 6.07 Å². The molecule has 1 heterocycles. The van der Waals surface area contributed by atoms with Crippen LogP contribution in [0.4, 0.5) is 0 Å². The third kappa shape index (κ3) is 3.60. The van der Waals surface area contributed by atoms with E-state index < -0.39 is 16.1 Å². The molecule has 0 aliphatic heterocycles. The molecular formula is C13H12ClN3O2S2. The number of thiazole rings is 1. The van der Waals surface area contributed by atoms with Crippen molar-refractivity contribution in [2.45, 2.75) is 24.3 Å². The van der Waals surface area contributed by atoms with Crippen molar-refractivity contribution in [3.05, 3.63) is 45.4 Å². The molecule has 110 valence electrons. The molecule has 0 radical (unpaired) electrons. The first-order chi connectivity index (χ1) is 9.97. The molecule has 2 aromatic rings. The van der Waals surface area contributed by atoms with Crippen LogP contribution >= 0.6 is 22.9 Å². The van der Waals surface area contributed by atoms with Gasteiger partial charge in [0.1, 0.15) is 16.0 Å². The summed E-state index contributed by atoms with van der Waals surface area (Å²) in [5.41, 5.74) is 0.0564. The van der Waals surface area contributed by atoms with Crippen molar-refractivity contribution in [2.75, 3.05) is 0 Å². The highest BCUT2D eigenvalue weighted by Crippen LogP contribution is 2.25. The molecule has 0 spiro atoms. The number of hydrogen-bond acceptors (Lipinski definition) is 5. The van der Waals surface area contributed by atoms with Crippen LogP contribution in [0, 0.1) is 11.3 Å². The summed E-state index contributed by atoms with van der Waals surface area (Å²) in [7, 11) is -3.85. The smallest absolute Gasteiger partial charge is 0.242 e. The fourth-order valence-corrected chi connectivity index (χ4v) is 4.33. The highest BCUT2D eigenvalue weighted by atomic mass is 35.5. The molecule has 0 amide bonds. The quantitative estimate of drug-likeness (QED) is 0.905. The molecule has 0 bridgehead atoms. The third-order valence-electron chi connectivity index (χ3n) is 2.81. The van der Waals surface area contributed by atoms with Crippen LogP contribution < -0.4 is 4.72 Å². The number of aromatic nitrogens is 1. The topological polar surface area (TPSA) is 82.9 Å². The number of sulfonamides is 1. The Kier molecular flexibility index (Phi) is 4.96. The van der Waals surface area contributed by atoms with E-state index in [-0.39, 0.29) is 15.5 Å². The van der Waals surface area contributed by atoms with E-state index >= 15 is 0 Å². The average molecular weight is 342 g/mol. The van der Waals surface area contributed by atoms with Crippen molar-refractivity contribution < 1.29 is 8.42 Å². The molecule has 1 aromatic carbocycles. The number of hydrogen-bond donors (Lipinski definition) is 1. The standard InChI is InChI=1S/C13H12ClN3O2S2/c1-2-11(13-16-5-6-20-13)17-21(18,19)12-7-10(14)4-3-9(12)8-15/h3-7,11,17H,2H2,1H3/t11-/m0/s1. The van der Waals surface area contributed by atoms with E-state index in [2.05, 4.69) is 9.71 Å². The molecule has 1 aromatic heterocycles. The van der Waals surface area contributed by atoms with Gasteiger partial charge in [-0.25, -0.2) is 18.1 Å². The monoisotopic (exact) mass is 341 g/mol. The van der Waals surface area contributed by atoms with E-state index in [0.717, 1.165) is 0 Å². The van der Waals surface area contributed by atoms with Gasteiger partial charge in [-0.2, -0.15) is 5.26 Å². The number of nitriles is 1. The minimum atomic E-state index is -3.85. The van der Waals surface area contributed by atoms with Gasteiger partial charge < -0.3 is 0 Å². The molecule has 0 fully saturated rings. The Hall–Kier alpha value is -1.46. The molecule has 1 atom stereocenters. The minimum Gasteiger partial charge on any atom is -0.248 e. The molecule has 0 aliphatic rings. The maximum absolute atomic E-state index is 12.5. The molecule has 0 saturated carbocycles. The van der Waals surface area contributed by atoms with Crippen LogP contribution in [0.1, 0.15) is 30.0 Å². The highest BCUT2D eigenvalue weighted by Gasteiger charge is 2.24. The summed E-state index contributed by atoms with van der Waals surface area (Å²) >= 11 is 7.21. The predicted octanol–water partition coefficient (Wildman–Crippen LogP) is 3.10.